The summed E-state index contributed by atoms with van der Waals surface area (Å²) in [6, 6.07) is 0.945. The zero-order valence-electron chi connectivity index (χ0n) is 18.1. The van der Waals surface area contributed by atoms with E-state index in [0.29, 0.717) is 26.4 Å². The van der Waals surface area contributed by atoms with E-state index in [-0.39, 0.29) is 0 Å². The quantitative estimate of drug-likeness (QED) is 0.102. The molecular weight excluding hydrogens is 358 g/mol. The number of rotatable bonds is 21. The zero-order chi connectivity index (χ0) is 20.1. The molecule has 27 heavy (non-hydrogen) atoms. The first-order valence-corrected chi connectivity index (χ1v) is 13.1. The molecular formula is C21H43NO4Si. The second-order valence-corrected chi connectivity index (χ2v) is 9.68. The molecule has 0 radical (unpaired) electrons. The Bertz CT molecular complexity index is 345. The molecule has 0 aromatic carbocycles. The van der Waals surface area contributed by atoms with Crippen LogP contribution in [0, 0.1) is 0 Å². The van der Waals surface area contributed by atoms with Crippen LogP contribution in [0.25, 0.3) is 0 Å². The molecule has 0 N–H and O–H groups in total. The van der Waals surface area contributed by atoms with Crippen LogP contribution in [0.4, 0.5) is 0 Å². The molecule has 0 saturated carbocycles. The van der Waals surface area contributed by atoms with Gasteiger partial charge in [0.1, 0.15) is 0 Å². The van der Waals surface area contributed by atoms with Crippen LogP contribution in [0.1, 0.15) is 97.8 Å². The number of isocyanates is 1. The summed E-state index contributed by atoms with van der Waals surface area (Å²) in [5.74, 6) is 0. The van der Waals surface area contributed by atoms with Gasteiger partial charge in [-0.05, 0) is 33.6 Å². The second kappa shape index (κ2) is 20.2. The van der Waals surface area contributed by atoms with E-state index in [1.54, 1.807) is 6.08 Å². The van der Waals surface area contributed by atoms with Crippen molar-refractivity contribution >= 4 is 14.9 Å². The molecule has 0 aliphatic rings. The maximum absolute atomic E-state index is 9.94. The van der Waals surface area contributed by atoms with Crippen molar-refractivity contribution in [3.8, 4) is 0 Å². The SMILES string of the molecule is CCO[Si](CCCCCCCCCCCCCCN=C=O)(OCC)OCC. The summed E-state index contributed by atoms with van der Waals surface area (Å²) >= 11 is 0. The van der Waals surface area contributed by atoms with Gasteiger partial charge < -0.3 is 13.3 Å². The minimum absolute atomic E-state index is 0.646. The Kier molecular flexibility index (Phi) is 19.8. The number of hydrogen-bond acceptors (Lipinski definition) is 5. The van der Waals surface area contributed by atoms with Crippen LogP contribution < -0.4 is 0 Å². The lowest BCUT2D eigenvalue weighted by molar-refractivity contribution is 0.0706. The van der Waals surface area contributed by atoms with Gasteiger partial charge in [0, 0.05) is 25.9 Å². The summed E-state index contributed by atoms with van der Waals surface area (Å²) in [6.07, 6.45) is 16.8. The van der Waals surface area contributed by atoms with Crippen LogP contribution in [-0.2, 0) is 18.1 Å². The van der Waals surface area contributed by atoms with Crippen molar-refractivity contribution in [3.05, 3.63) is 0 Å². The molecule has 6 heteroatoms. The van der Waals surface area contributed by atoms with Crippen LogP contribution in [0.2, 0.25) is 6.04 Å². The van der Waals surface area contributed by atoms with Gasteiger partial charge in [-0.1, -0.05) is 64.2 Å². The molecule has 0 amide bonds. The Hall–Kier alpha value is -0.523. The molecule has 0 aliphatic heterocycles. The molecule has 0 unspecified atom stereocenters. The first-order valence-electron chi connectivity index (χ1n) is 11.2. The van der Waals surface area contributed by atoms with Crippen molar-refractivity contribution < 1.29 is 18.1 Å². The zero-order valence-corrected chi connectivity index (χ0v) is 19.1. The minimum Gasteiger partial charge on any atom is -0.374 e. The molecule has 0 spiro atoms. The van der Waals surface area contributed by atoms with E-state index in [4.69, 9.17) is 13.3 Å². The minimum atomic E-state index is -2.43. The van der Waals surface area contributed by atoms with Gasteiger partial charge in [-0.3, -0.25) is 0 Å². The fraction of sp³-hybridized carbons (Fsp3) is 0.952. The molecule has 0 aliphatic carbocycles. The highest BCUT2D eigenvalue weighted by Gasteiger charge is 2.39. The third-order valence-corrected chi connectivity index (χ3v) is 7.81. The van der Waals surface area contributed by atoms with Crippen LogP contribution in [0.3, 0.4) is 0 Å². The molecule has 0 aromatic rings. The fourth-order valence-electron chi connectivity index (χ4n) is 3.35. The lowest BCUT2D eigenvalue weighted by atomic mass is 10.1. The van der Waals surface area contributed by atoms with E-state index in [2.05, 4.69) is 4.99 Å². The Morgan fingerprint density at radius 3 is 1.37 bits per heavy atom. The molecule has 0 heterocycles. The average Bonchev–Trinajstić information content (AvgIpc) is 2.65. The molecule has 0 atom stereocenters. The number of hydrogen-bond donors (Lipinski definition) is 0. The monoisotopic (exact) mass is 401 g/mol. The van der Waals surface area contributed by atoms with Crippen molar-refractivity contribution in [1.82, 2.24) is 0 Å². The molecule has 0 aromatic heterocycles. The lowest BCUT2D eigenvalue weighted by Crippen LogP contribution is -2.45. The van der Waals surface area contributed by atoms with Gasteiger partial charge in [0.15, 0.2) is 0 Å². The van der Waals surface area contributed by atoms with Gasteiger partial charge in [-0.2, -0.15) is 0 Å². The van der Waals surface area contributed by atoms with Crippen molar-refractivity contribution in [1.29, 1.82) is 0 Å². The van der Waals surface area contributed by atoms with E-state index >= 15 is 0 Å². The van der Waals surface area contributed by atoms with Crippen LogP contribution in [0.15, 0.2) is 4.99 Å². The molecule has 0 saturated heterocycles. The Morgan fingerprint density at radius 1 is 0.630 bits per heavy atom. The summed E-state index contributed by atoms with van der Waals surface area (Å²) in [4.78, 5) is 13.5. The van der Waals surface area contributed by atoms with Crippen molar-refractivity contribution in [2.45, 2.75) is 104 Å². The van der Waals surface area contributed by atoms with Crippen molar-refractivity contribution in [2.24, 2.45) is 4.99 Å². The fourth-order valence-corrected chi connectivity index (χ4v) is 6.03. The van der Waals surface area contributed by atoms with Gasteiger partial charge in [0.2, 0.25) is 6.08 Å². The standard InChI is InChI=1S/C21H43NO4Si/c1-4-24-27(25-5-2,26-6-3)20-18-16-14-12-10-8-7-9-11-13-15-17-19-22-21-23/h4-20H2,1-3H3. The van der Waals surface area contributed by atoms with Gasteiger partial charge in [0.25, 0.3) is 0 Å². The van der Waals surface area contributed by atoms with Gasteiger partial charge in [0.05, 0.1) is 6.54 Å². The summed E-state index contributed by atoms with van der Waals surface area (Å²) in [7, 11) is -2.43. The van der Waals surface area contributed by atoms with Crippen molar-refractivity contribution in [2.75, 3.05) is 26.4 Å². The van der Waals surface area contributed by atoms with E-state index in [1.165, 1.54) is 64.2 Å². The number of nitrogens with zero attached hydrogens (tertiary/aromatic N) is 1. The lowest BCUT2D eigenvalue weighted by Gasteiger charge is -2.28. The molecule has 0 bridgehead atoms. The number of carbonyl (C=O) groups excluding carboxylic acids is 1. The highest BCUT2D eigenvalue weighted by Crippen LogP contribution is 2.21. The summed E-state index contributed by atoms with van der Waals surface area (Å²) < 4.78 is 17.7. The predicted octanol–water partition coefficient (Wildman–Crippen LogP) is 6.05. The third kappa shape index (κ3) is 16.2. The number of aliphatic imine (C=N–C) groups is 1. The maximum Gasteiger partial charge on any atom is 0.500 e. The van der Waals surface area contributed by atoms with Gasteiger partial charge >= 0.3 is 8.80 Å². The van der Waals surface area contributed by atoms with Crippen LogP contribution >= 0.6 is 0 Å². The Balaban J connectivity index is 3.53. The molecule has 0 fully saturated rings. The highest BCUT2D eigenvalue weighted by atomic mass is 28.4. The van der Waals surface area contributed by atoms with E-state index in [9.17, 15) is 4.79 Å². The highest BCUT2D eigenvalue weighted by molar-refractivity contribution is 6.60. The van der Waals surface area contributed by atoms with Gasteiger partial charge in [-0.15, -0.1) is 0 Å². The second-order valence-electron chi connectivity index (χ2n) is 6.95. The third-order valence-electron chi connectivity index (χ3n) is 4.66. The van der Waals surface area contributed by atoms with E-state index in [1.807, 2.05) is 20.8 Å². The topological polar surface area (TPSA) is 57.1 Å². The van der Waals surface area contributed by atoms with E-state index < -0.39 is 8.80 Å². The molecule has 160 valence electrons. The first kappa shape index (κ1) is 26.5. The van der Waals surface area contributed by atoms with Crippen molar-refractivity contribution in [3.63, 3.8) is 0 Å². The first-order chi connectivity index (χ1) is 13.2. The predicted molar refractivity (Wildman–Crippen MR) is 114 cm³/mol. The van der Waals surface area contributed by atoms with E-state index in [0.717, 1.165) is 18.9 Å². The summed E-state index contributed by atoms with van der Waals surface area (Å²) in [5.41, 5.74) is 0. The largest absolute Gasteiger partial charge is 0.500 e. The summed E-state index contributed by atoms with van der Waals surface area (Å²) in [5, 5.41) is 0. The molecule has 0 rings (SSSR count). The summed E-state index contributed by atoms with van der Waals surface area (Å²) in [6.45, 7) is 8.69. The Morgan fingerprint density at radius 2 is 1.00 bits per heavy atom. The smallest absolute Gasteiger partial charge is 0.374 e. The molecule has 5 nitrogen and oxygen atoms in total. The van der Waals surface area contributed by atoms with Gasteiger partial charge in [-0.25, -0.2) is 9.79 Å². The Labute approximate surface area is 168 Å². The maximum atomic E-state index is 9.94. The number of unbranched alkanes of at least 4 members (excludes halogenated alkanes) is 11. The van der Waals surface area contributed by atoms with Crippen LogP contribution in [0.5, 0.6) is 0 Å². The average molecular weight is 402 g/mol. The normalized spacial score (nSPS) is 11.5. The van der Waals surface area contributed by atoms with Crippen LogP contribution in [-0.4, -0.2) is 41.2 Å².